The van der Waals surface area contributed by atoms with Gasteiger partial charge in [0.05, 0.1) is 11.8 Å². The van der Waals surface area contributed by atoms with Crippen molar-refractivity contribution in [1.82, 2.24) is 20.1 Å². The maximum atomic E-state index is 12.5. The molecule has 3 rings (SSSR count). The highest BCUT2D eigenvalue weighted by Gasteiger charge is 2.19. The topological polar surface area (TPSA) is 88.9 Å². The molecule has 0 fully saturated rings. The molecule has 0 aliphatic carbocycles. The molecule has 2 N–H and O–H groups in total. The van der Waals surface area contributed by atoms with Gasteiger partial charge < -0.3 is 15.2 Å². The van der Waals surface area contributed by atoms with Gasteiger partial charge in [-0.2, -0.15) is 0 Å². The van der Waals surface area contributed by atoms with E-state index in [-0.39, 0.29) is 23.6 Å². The summed E-state index contributed by atoms with van der Waals surface area (Å²) >= 11 is 1.31. The van der Waals surface area contributed by atoms with Gasteiger partial charge in [0, 0.05) is 18.3 Å². The van der Waals surface area contributed by atoms with E-state index in [1.165, 1.54) is 11.8 Å². The Hall–Kier alpha value is -3.13. The number of aryl methyl sites for hydroxylation is 3. The Kier molecular flexibility index (Phi) is 7.69. The number of para-hydroxylation sites is 1. The van der Waals surface area contributed by atoms with E-state index in [2.05, 4.69) is 27.8 Å². The number of rotatable bonds is 8. The summed E-state index contributed by atoms with van der Waals surface area (Å²) in [6.45, 7) is 7.90. The molecule has 0 saturated heterocycles. The van der Waals surface area contributed by atoms with Gasteiger partial charge in [0.1, 0.15) is 0 Å². The molecule has 32 heavy (non-hydrogen) atoms. The molecule has 2 amide bonds. The van der Waals surface area contributed by atoms with Crippen LogP contribution in [-0.4, -0.2) is 32.3 Å². The summed E-state index contributed by atoms with van der Waals surface area (Å²) in [7, 11) is 1.83. The van der Waals surface area contributed by atoms with Crippen molar-refractivity contribution in [1.29, 1.82) is 0 Å². The monoisotopic (exact) mass is 451 g/mol. The predicted octanol–water partition coefficient (Wildman–Crippen LogP) is 4.22. The van der Waals surface area contributed by atoms with Gasteiger partial charge in [0.2, 0.25) is 5.91 Å². The fourth-order valence-corrected chi connectivity index (χ4v) is 4.10. The van der Waals surface area contributed by atoms with Gasteiger partial charge in [0.15, 0.2) is 11.0 Å². The molecule has 0 saturated carbocycles. The van der Waals surface area contributed by atoms with Crippen molar-refractivity contribution in [3.63, 3.8) is 0 Å². The molecule has 168 valence electrons. The van der Waals surface area contributed by atoms with E-state index >= 15 is 0 Å². The first-order valence-electron chi connectivity index (χ1n) is 10.6. The van der Waals surface area contributed by atoms with Gasteiger partial charge in [-0.15, -0.1) is 10.2 Å². The van der Waals surface area contributed by atoms with Crippen molar-refractivity contribution in [2.45, 2.75) is 45.3 Å². The Morgan fingerprint density at radius 1 is 1.09 bits per heavy atom. The molecule has 0 aliphatic rings. The van der Waals surface area contributed by atoms with Crippen molar-refractivity contribution < 1.29 is 9.59 Å². The van der Waals surface area contributed by atoms with Crippen LogP contribution in [0.2, 0.25) is 0 Å². The number of carbonyl (C=O) groups is 2. The molecule has 7 nitrogen and oxygen atoms in total. The zero-order valence-electron chi connectivity index (χ0n) is 19.1. The molecule has 0 spiro atoms. The van der Waals surface area contributed by atoms with Gasteiger partial charge in [-0.3, -0.25) is 9.59 Å². The van der Waals surface area contributed by atoms with Crippen LogP contribution in [0.5, 0.6) is 0 Å². The summed E-state index contributed by atoms with van der Waals surface area (Å²) in [4.78, 5) is 25.0. The van der Waals surface area contributed by atoms with E-state index < -0.39 is 0 Å². The number of hydrogen-bond acceptors (Lipinski definition) is 5. The lowest BCUT2D eigenvalue weighted by Gasteiger charge is -2.14. The molecule has 0 aliphatic heterocycles. The van der Waals surface area contributed by atoms with Crippen LogP contribution in [0, 0.1) is 13.8 Å². The summed E-state index contributed by atoms with van der Waals surface area (Å²) < 4.78 is 1.81. The van der Waals surface area contributed by atoms with Crippen LogP contribution in [0.15, 0.2) is 47.6 Å². The van der Waals surface area contributed by atoms with Crippen molar-refractivity contribution >= 4 is 29.3 Å². The molecular formula is C24H29N5O2S. The Morgan fingerprint density at radius 2 is 1.81 bits per heavy atom. The molecule has 3 aromatic rings. The van der Waals surface area contributed by atoms with Crippen LogP contribution in [0.25, 0.3) is 0 Å². The molecule has 1 atom stereocenters. The first-order valence-corrected chi connectivity index (χ1v) is 11.6. The van der Waals surface area contributed by atoms with Gasteiger partial charge in [-0.05, 0) is 50.5 Å². The lowest BCUT2D eigenvalue weighted by atomic mass is 10.1. The molecule has 2 aromatic carbocycles. The van der Waals surface area contributed by atoms with Gasteiger partial charge in [0.25, 0.3) is 5.91 Å². The number of carbonyl (C=O) groups excluding carboxylic acids is 2. The normalized spacial score (nSPS) is 11.8. The first-order chi connectivity index (χ1) is 15.3. The number of anilines is 1. The van der Waals surface area contributed by atoms with Gasteiger partial charge >= 0.3 is 0 Å². The zero-order valence-corrected chi connectivity index (χ0v) is 19.9. The fourth-order valence-electron chi connectivity index (χ4n) is 3.39. The van der Waals surface area contributed by atoms with Gasteiger partial charge in [-0.1, -0.05) is 54.6 Å². The maximum Gasteiger partial charge on any atom is 0.251 e. The molecule has 8 heteroatoms. The van der Waals surface area contributed by atoms with Crippen LogP contribution < -0.4 is 10.6 Å². The zero-order chi connectivity index (χ0) is 23.3. The predicted molar refractivity (Wildman–Crippen MR) is 128 cm³/mol. The lowest BCUT2D eigenvalue weighted by molar-refractivity contribution is -0.113. The molecule has 0 bridgehead atoms. The number of aromatic nitrogens is 3. The van der Waals surface area contributed by atoms with E-state index in [4.69, 9.17) is 0 Å². The average Bonchev–Trinajstić information content (AvgIpc) is 3.14. The highest BCUT2D eigenvalue weighted by Crippen LogP contribution is 2.23. The maximum absolute atomic E-state index is 12.5. The summed E-state index contributed by atoms with van der Waals surface area (Å²) in [6.07, 6.45) is 0.850. The minimum atomic E-state index is -0.330. The lowest BCUT2D eigenvalue weighted by Crippen LogP contribution is -2.28. The van der Waals surface area contributed by atoms with Crippen LogP contribution in [0.1, 0.15) is 52.8 Å². The second kappa shape index (κ2) is 10.5. The van der Waals surface area contributed by atoms with E-state index in [0.29, 0.717) is 16.5 Å². The Bertz CT molecular complexity index is 1110. The number of hydrogen-bond donors (Lipinski definition) is 2. The molecule has 0 unspecified atom stereocenters. The largest absolute Gasteiger partial charge is 0.342 e. The Labute approximate surface area is 193 Å². The molecule has 1 heterocycles. The van der Waals surface area contributed by atoms with Crippen molar-refractivity contribution in [3.8, 4) is 0 Å². The highest BCUT2D eigenvalue weighted by atomic mass is 32.2. The third kappa shape index (κ3) is 5.56. The highest BCUT2D eigenvalue weighted by molar-refractivity contribution is 7.99. The Balaban J connectivity index is 1.60. The summed E-state index contributed by atoms with van der Waals surface area (Å²) in [5.41, 5.74) is 4.73. The van der Waals surface area contributed by atoms with Crippen LogP contribution in [0.4, 0.5) is 5.69 Å². The first kappa shape index (κ1) is 23.5. The van der Waals surface area contributed by atoms with Crippen molar-refractivity contribution in [2.24, 2.45) is 7.05 Å². The Morgan fingerprint density at radius 3 is 2.50 bits per heavy atom. The van der Waals surface area contributed by atoms with Crippen LogP contribution in [-0.2, 0) is 18.3 Å². The van der Waals surface area contributed by atoms with Crippen molar-refractivity contribution in [2.75, 3.05) is 11.1 Å². The quantitative estimate of drug-likeness (QED) is 0.501. The number of nitrogens with one attached hydrogen (secondary N) is 2. The molecule has 0 radical (unpaired) electrons. The number of nitrogens with zero attached hydrogens (tertiary/aromatic N) is 3. The van der Waals surface area contributed by atoms with Crippen molar-refractivity contribution in [3.05, 3.63) is 70.5 Å². The van der Waals surface area contributed by atoms with Crippen LogP contribution in [0.3, 0.4) is 0 Å². The smallest absolute Gasteiger partial charge is 0.251 e. The number of benzene rings is 2. The van der Waals surface area contributed by atoms with Gasteiger partial charge in [-0.25, -0.2) is 0 Å². The SMILES string of the molecule is CCc1cccc(C)c1NC(=O)CSc1nnc([C@@H](C)NC(=O)c2ccc(C)cc2)n1C. The number of thioether (sulfide) groups is 1. The summed E-state index contributed by atoms with van der Waals surface area (Å²) in [5.74, 6) is 0.581. The third-order valence-corrected chi connectivity index (χ3v) is 6.27. The van der Waals surface area contributed by atoms with E-state index in [0.717, 1.165) is 28.8 Å². The third-order valence-electron chi connectivity index (χ3n) is 5.25. The second-order valence-electron chi connectivity index (χ2n) is 7.76. The molecule has 1 aromatic heterocycles. The minimum Gasteiger partial charge on any atom is -0.342 e. The minimum absolute atomic E-state index is 0.0933. The standard InChI is InChI=1S/C24H29N5O2S/c1-6-18-9-7-8-16(3)21(18)26-20(30)14-32-24-28-27-22(29(24)5)17(4)25-23(31)19-12-10-15(2)11-13-19/h7-13,17H,6,14H2,1-5H3,(H,25,31)(H,26,30)/t17-/m1/s1. The van der Waals surface area contributed by atoms with E-state index in [9.17, 15) is 9.59 Å². The van der Waals surface area contributed by atoms with E-state index in [1.54, 1.807) is 12.1 Å². The second-order valence-corrected chi connectivity index (χ2v) is 8.70. The number of amides is 2. The molecular weight excluding hydrogens is 422 g/mol. The van der Waals surface area contributed by atoms with E-state index in [1.807, 2.05) is 62.7 Å². The summed E-state index contributed by atoms with van der Waals surface area (Å²) in [5, 5.41) is 15.0. The average molecular weight is 452 g/mol. The fraction of sp³-hybridized carbons (Fsp3) is 0.333. The van der Waals surface area contributed by atoms with Crippen LogP contribution >= 0.6 is 11.8 Å². The summed E-state index contributed by atoms with van der Waals surface area (Å²) in [6, 6.07) is 13.1.